The van der Waals surface area contributed by atoms with Gasteiger partial charge in [0.05, 0.1) is 16.3 Å². The molecule has 3 rings (SSSR count). The fraction of sp³-hybridized carbons (Fsp3) is 0.429. The van der Waals surface area contributed by atoms with E-state index in [4.69, 9.17) is 23.2 Å². The third-order valence-corrected chi connectivity index (χ3v) is 6.47. The van der Waals surface area contributed by atoms with Crippen LogP contribution in [-0.4, -0.2) is 45.4 Å². The molecule has 1 N–H and O–H groups in total. The minimum Gasteiger partial charge on any atom is -0.347 e. The van der Waals surface area contributed by atoms with Gasteiger partial charge < -0.3 is 10.2 Å². The van der Waals surface area contributed by atoms with E-state index in [0.717, 1.165) is 24.4 Å². The van der Waals surface area contributed by atoms with Crippen molar-refractivity contribution in [2.75, 3.05) is 13.1 Å². The summed E-state index contributed by atoms with van der Waals surface area (Å²) in [6.45, 7) is 2.83. The van der Waals surface area contributed by atoms with E-state index in [2.05, 4.69) is 14.9 Å². The van der Waals surface area contributed by atoms with Crippen molar-refractivity contribution in [2.45, 2.75) is 25.8 Å². The van der Waals surface area contributed by atoms with E-state index in [9.17, 15) is 9.59 Å². The van der Waals surface area contributed by atoms with Crippen LogP contribution in [0.1, 0.15) is 38.6 Å². The fourth-order valence-corrected chi connectivity index (χ4v) is 4.39. The molecule has 2 amide bonds. The summed E-state index contributed by atoms with van der Waals surface area (Å²) in [6.07, 6.45) is 1.63. The second-order valence-electron chi connectivity index (χ2n) is 5.49. The molecule has 0 spiro atoms. The number of aryl methyl sites for hydroxylation is 1. The van der Waals surface area contributed by atoms with E-state index in [1.165, 1.54) is 11.3 Å². The zero-order valence-corrected chi connectivity index (χ0v) is 15.9. The molecule has 10 heteroatoms. The summed E-state index contributed by atoms with van der Waals surface area (Å²) in [7, 11) is 0. The van der Waals surface area contributed by atoms with Gasteiger partial charge in [0.1, 0.15) is 9.21 Å². The Bertz CT molecular complexity index is 777. The number of carbonyl (C=O) groups is 2. The summed E-state index contributed by atoms with van der Waals surface area (Å²) in [5, 5.41) is 8.77. The van der Waals surface area contributed by atoms with Gasteiger partial charge in [-0.05, 0) is 31.3 Å². The summed E-state index contributed by atoms with van der Waals surface area (Å²) in [4.78, 5) is 27.1. The molecule has 0 aliphatic carbocycles. The number of nitrogens with one attached hydrogen (secondary N) is 1. The monoisotopic (exact) mass is 404 g/mol. The highest BCUT2D eigenvalue weighted by atomic mass is 35.5. The zero-order chi connectivity index (χ0) is 17.3. The molecule has 1 atom stereocenters. The van der Waals surface area contributed by atoms with Gasteiger partial charge in [0.25, 0.3) is 11.8 Å². The highest BCUT2D eigenvalue weighted by Crippen LogP contribution is 2.33. The molecule has 128 valence electrons. The van der Waals surface area contributed by atoms with E-state index < -0.39 is 0 Å². The second kappa shape index (κ2) is 7.35. The molecular formula is C14H14Cl2N4O2S2. The molecule has 0 radical (unpaired) electrons. The Morgan fingerprint density at radius 3 is 2.83 bits per heavy atom. The van der Waals surface area contributed by atoms with Crippen LogP contribution in [0.25, 0.3) is 0 Å². The standard InChI is InChI=1S/C14H14Cl2N4O2S2/c1-7-11(24-19-18-7)13(21)17-8-3-2-4-20(5-8)14(22)9-6-23-12(16)10(9)15/h6,8H,2-5H2,1H3,(H,17,21)/t8-/m0/s1. The zero-order valence-electron chi connectivity index (χ0n) is 12.7. The Labute approximate surface area is 156 Å². The molecule has 3 heterocycles. The number of nitrogens with zero attached hydrogens (tertiary/aromatic N) is 3. The van der Waals surface area contributed by atoms with Crippen LogP contribution in [0.2, 0.25) is 9.36 Å². The minimum atomic E-state index is -0.196. The topological polar surface area (TPSA) is 75.2 Å². The highest BCUT2D eigenvalue weighted by molar-refractivity contribution is 7.15. The van der Waals surface area contributed by atoms with Crippen LogP contribution >= 0.6 is 46.1 Å². The highest BCUT2D eigenvalue weighted by Gasteiger charge is 2.28. The van der Waals surface area contributed by atoms with Gasteiger partial charge in [0.2, 0.25) is 0 Å². The Hall–Kier alpha value is -1.22. The van der Waals surface area contributed by atoms with Crippen molar-refractivity contribution in [3.05, 3.63) is 30.9 Å². The predicted octanol–water partition coefficient (Wildman–Crippen LogP) is 3.25. The van der Waals surface area contributed by atoms with Crippen molar-refractivity contribution in [1.29, 1.82) is 0 Å². The quantitative estimate of drug-likeness (QED) is 0.851. The molecule has 1 fully saturated rings. The van der Waals surface area contributed by atoms with Gasteiger partial charge in [-0.2, -0.15) is 0 Å². The van der Waals surface area contributed by atoms with E-state index >= 15 is 0 Å². The van der Waals surface area contributed by atoms with E-state index in [1.54, 1.807) is 17.2 Å². The van der Waals surface area contributed by atoms with Crippen molar-refractivity contribution >= 4 is 57.9 Å². The average molecular weight is 405 g/mol. The Morgan fingerprint density at radius 2 is 2.21 bits per heavy atom. The molecule has 1 aliphatic heterocycles. The molecule has 2 aromatic rings. The first-order chi connectivity index (χ1) is 11.5. The summed E-state index contributed by atoms with van der Waals surface area (Å²) in [6, 6.07) is -0.107. The van der Waals surface area contributed by atoms with E-state index in [-0.39, 0.29) is 17.9 Å². The average Bonchev–Trinajstić information content (AvgIpc) is 3.14. The van der Waals surface area contributed by atoms with Crippen molar-refractivity contribution in [3.63, 3.8) is 0 Å². The first kappa shape index (κ1) is 17.6. The smallest absolute Gasteiger partial charge is 0.265 e. The van der Waals surface area contributed by atoms with Crippen LogP contribution in [0.3, 0.4) is 0 Å². The van der Waals surface area contributed by atoms with Crippen molar-refractivity contribution in [3.8, 4) is 0 Å². The number of likely N-dealkylation sites (tertiary alicyclic amines) is 1. The summed E-state index contributed by atoms with van der Waals surface area (Å²) in [5.74, 6) is -0.351. The van der Waals surface area contributed by atoms with E-state index in [0.29, 0.717) is 38.6 Å². The first-order valence-corrected chi connectivity index (χ1v) is 9.70. The number of thiophene rings is 1. The molecular weight excluding hydrogens is 391 g/mol. The molecule has 0 saturated carbocycles. The van der Waals surface area contributed by atoms with Gasteiger partial charge in [0.15, 0.2) is 0 Å². The molecule has 2 aromatic heterocycles. The largest absolute Gasteiger partial charge is 0.347 e. The molecule has 1 aliphatic rings. The fourth-order valence-electron chi connectivity index (χ4n) is 2.60. The SMILES string of the molecule is Cc1nnsc1C(=O)N[C@H]1CCCN(C(=O)c2csc(Cl)c2Cl)C1. The lowest BCUT2D eigenvalue weighted by atomic mass is 10.0. The minimum absolute atomic E-state index is 0.107. The maximum atomic E-state index is 12.6. The van der Waals surface area contributed by atoms with E-state index in [1.807, 2.05) is 0 Å². The van der Waals surface area contributed by atoms with Crippen LogP contribution in [0.15, 0.2) is 5.38 Å². The number of piperidine rings is 1. The van der Waals surface area contributed by atoms with Crippen molar-refractivity contribution < 1.29 is 9.59 Å². The van der Waals surface area contributed by atoms with Crippen molar-refractivity contribution in [1.82, 2.24) is 19.8 Å². The molecule has 6 nitrogen and oxygen atoms in total. The van der Waals surface area contributed by atoms with Gasteiger partial charge in [0, 0.05) is 24.5 Å². The number of rotatable bonds is 3. The van der Waals surface area contributed by atoms with Gasteiger partial charge in [-0.3, -0.25) is 9.59 Å². The molecule has 1 saturated heterocycles. The van der Waals surface area contributed by atoms with Crippen molar-refractivity contribution in [2.24, 2.45) is 0 Å². The van der Waals surface area contributed by atoms with Gasteiger partial charge in [-0.15, -0.1) is 16.4 Å². The molecule has 24 heavy (non-hydrogen) atoms. The second-order valence-corrected chi connectivity index (χ2v) is 8.10. The number of amides is 2. The van der Waals surface area contributed by atoms with Crippen LogP contribution in [0, 0.1) is 6.92 Å². The number of carbonyl (C=O) groups excluding carboxylic acids is 2. The Kier molecular flexibility index (Phi) is 5.39. The van der Waals surface area contributed by atoms with Gasteiger partial charge in [-0.1, -0.05) is 27.7 Å². The van der Waals surface area contributed by atoms with Crippen LogP contribution < -0.4 is 5.32 Å². The van der Waals surface area contributed by atoms with Crippen LogP contribution in [0.5, 0.6) is 0 Å². The first-order valence-electron chi connectivity index (χ1n) is 7.29. The van der Waals surface area contributed by atoms with Gasteiger partial charge >= 0.3 is 0 Å². The number of hydrogen-bond acceptors (Lipinski definition) is 6. The molecule has 0 aromatic carbocycles. The lowest BCUT2D eigenvalue weighted by Gasteiger charge is -2.33. The third kappa shape index (κ3) is 3.56. The number of hydrogen-bond donors (Lipinski definition) is 1. The van der Waals surface area contributed by atoms with Crippen LogP contribution in [0.4, 0.5) is 0 Å². The predicted molar refractivity (Wildman–Crippen MR) is 95.4 cm³/mol. The normalized spacial score (nSPS) is 17.8. The lowest BCUT2D eigenvalue weighted by molar-refractivity contribution is 0.0677. The number of aromatic nitrogens is 2. The summed E-state index contributed by atoms with van der Waals surface area (Å²) < 4.78 is 4.18. The Balaban J connectivity index is 1.66. The third-order valence-electron chi connectivity index (χ3n) is 3.82. The Morgan fingerprint density at radius 1 is 1.42 bits per heavy atom. The van der Waals surface area contributed by atoms with Gasteiger partial charge in [-0.25, -0.2) is 0 Å². The van der Waals surface area contributed by atoms with Crippen LogP contribution in [-0.2, 0) is 0 Å². The molecule has 0 bridgehead atoms. The maximum absolute atomic E-state index is 12.6. The summed E-state index contributed by atoms with van der Waals surface area (Å²) in [5.41, 5.74) is 1.03. The lowest BCUT2D eigenvalue weighted by Crippen LogP contribution is -2.49. The number of halogens is 2. The summed E-state index contributed by atoms with van der Waals surface area (Å²) >= 11 is 14.3. The molecule has 0 unspecified atom stereocenters. The maximum Gasteiger partial charge on any atom is 0.265 e.